The average Bonchev–Trinajstić information content (AvgIpc) is 3.00. The van der Waals surface area contributed by atoms with Gasteiger partial charge in [-0.05, 0) is 62.3 Å². The number of rotatable bonds is 3. The van der Waals surface area contributed by atoms with Gasteiger partial charge in [0, 0.05) is 35.1 Å². The largest absolute Gasteiger partial charge is 0.491 e. The second-order valence-electron chi connectivity index (χ2n) is 9.50. The smallest absolute Gasteiger partial charge is 0.177 e. The van der Waals surface area contributed by atoms with Gasteiger partial charge in [-0.25, -0.2) is 19.9 Å². The van der Waals surface area contributed by atoms with Crippen LogP contribution in [-0.2, 0) is 19.4 Å². The molecule has 7 heteroatoms. The highest BCUT2D eigenvalue weighted by Gasteiger charge is 2.24. The number of hydrogen-bond donors (Lipinski definition) is 1. The van der Waals surface area contributed by atoms with Crippen LogP contribution in [0.25, 0.3) is 22.3 Å². The van der Waals surface area contributed by atoms with Gasteiger partial charge < -0.3 is 14.6 Å². The van der Waals surface area contributed by atoms with E-state index in [2.05, 4.69) is 51.0 Å². The van der Waals surface area contributed by atoms with Gasteiger partial charge in [0.25, 0.3) is 0 Å². The monoisotopic (exact) mass is 454 g/mol. The standard InChI is InChI=1S/C27H30N6O/c1-3-18-5-4-6-22-23(11-18)29-16-30-27(22)33-9-10-34-25-8-7-19(12-21(25)15-33)20-13-24-26(28-14-20)32-17(2)31-24/h7-8,12-14,16,18H,3-6,9-11,15H2,1-2H3,(H,28,31,32)/t18-/m0/s1. The zero-order valence-electron chi connectivity index (χ0n) is 19.8. The summed E-state index contributed by atoms with van der Waals surface area (Å²) in [7, 11) is 0. The molecule has 4 aromatic rings. The molecule has 3 aromatic heterocycles. The summed E-state index contributed by atoms with van der Waals surface area (Å²) in [5.74, 6) is 3.63. The van der Waals surface area contributed by atoms with Crippen LogP contribution in [0.3, 0.4) is 0 Å². The van der Waals surface area contributed by atoms with Crippen molar-refractivity contribution in [2.45, 2.75) is 52.5 Å². The van der Waals surface area contributed by atoms with Crippen LogP contribution < -0.4 is 9.64 Å². The number of ether oxygens (including phenoxy) is 1. The first-order valence-corrected chi connectivity index (χ1v) is 12.3. The molecule has 1 aromatic carbocycles. The van der Waals surface area contributed by atoms with E-state index in [0.717, 1.165) is 71.5 Å². The molecule has 1 atom stereocenters. The van der Waals surface area contributed by atoms with Crippen LogP contribution in [0.5, 0.6) is 5.75 Å². The van der Waals surface area contributed by atoms with Crippen molar-refractivity contribution in [3.05, 3.63) is 59.4 Å². The number of hydrogen-bond acceptors (Lipinski definition) is 6. The Morgan fingerprint density at radius 2 is 2.09 bits per heavy atom. The Morgan fingerprint density at radius 1 is 1.15 bits per heavy atom. The van der Waals surface area contributed by atoms with E-state index in [-0.39, 0.29) is 0 Å². The minimum Gasteiger partial charge on any atom is -0.491 e. The number of benzene rings is 1. The van der Waals surface area contributed by atoms with Crippen LogP contribution in [-0.4, -0.2) is 38.1 Å². The van der Waals surface area contributed by atoms with E-state index >= 15 is 0 Å². The van der Waals surface area contributed by atoms with Crippen LogP contribution in [0.1, 0.15) is 48.8 Å². The van der Waals surface area contributed by atoms with E-state index in [9.17, 15) is 0 Å². The summed E-state index contributed by atoms with van der Waals surface area (Å²) in [5, 5.41) is 0. The molecule has 7 nitrogen and oxygen atoms in total. The van der Waals surface area contributed by atoms with E-state index in [1.54, 1.807) is 6.33 Å². The summed E-state index contributed by atoms with van der Waals surface area (Å²) in [6, 6.07) is 8.55. The number of anilines is 1. The first kappa shape index (κ1) is 21.1. The van der Waals surface area contributed by atoms with E-state index in [0.29, 0.717) is 6.61 Å². The third-order valence-corrected chi connectivity index (χ3v) is 7.24. The third-order valence-electron chi connectivity index (χ3n) is 7.24. The molecule has 174 valence electrons. The molecule has 0 fully saturated rings. The number of nitrogens with zero attached hydrogens (tertiary/aromatic N) is 5. The van der Waals surface area contributed by atoms with E-state index in [1.165, 1.54) is 36.1 Å². The fourth-order valence-corrected chi connectivity index (χ4v) is 5.37. The minimum absolute atomic E-state index is 0.643. The van der Waals surface area contributed by atoms with Gasteiger partial charge >= 0.3 is 0 Å². The Morgan fingerprint density at radius 3 is 3.00 bits per heavy atom. The van der Waals surface area contributed by atoms with Crippen molar-refractivity contribution in [1.82, 2.24) is 24.9 Å². The van der Waals surface area contributed by atoms with Gasteiger partial charge in [0.2, 0.25) is 0 Å². The molecule has 1 aliphatic carbocycles. The van der Waals surface area contributed by atoms with Crippen molar-refractivity contribution < 1.29 is 4.74 Å². The molecular weight excluding hydrogens is 424 g/mol. The molecule has 6 rings (SSSR count). The van der Waals surface area contributed by atoms with Crippen molar-refractivity contribution in [2.75, 3.05) is 18.1 Å². The predicted molar refractivity (Wildman–Crippen MR) is 133 cm³/mol. The number of fused-ring (bicyclic) bond motifs is 3. The highest BCUT2D eigenvalue weighted by Crippen LogP contribution is 2.34. The molecule has 0 spiro atoms. The lowest BCUT2D eigenvalue weighted by atomic mass is 9.97. The number of pyridine rings is 1. The summed E-state index contributed by atoms with van der Waals surface area (Å²) in [6.45, 7) is 6.46. The molecule has 0 radical (unpaired) electrons. The lowest BCUT2D eigenvalue weighted by Gasteiger charge is -2.24. The van der Waals surface area contributed by atoms with E-state index < -0.39 is 0 Å². The summed E-state index contributed by atoms with van der Waals surface area (Å²) >= 11 is 0. The maximum absolute atomic E-state index is 6.15. The third kappa shape index (κ3) is 3.89. The summed E-state index contributed by atoms with van der Waals surface area (Å²) in [4.78, 5) is 24.1. The second kappa shape index (κ2) is 8.70. The minimum atomic E-state index is 0.643. The van der Waals surface area contributed by atoms with Crippen LogP contribution in [0.4, 0.5) is 5.82 Å². The molecule has 0 saturated heterocycles. The Balaban J connectivity index is 1.34. The molecule has 34 heavy (non-hydrogen) atoms. The SMILES string of the molecule is CC[C@H]1CCCc2c(ncnc2N2CCOc3ccc(-c4cnc5nc(C)[nH]c5c4)cc3C2)C1. The van der Waals surface area contributed by atoms with Gasteiger partial charge in [-0.15, -0.1) is 0 Å². The molecule has 4 heterocycles. The van der Waals surface area contributed by atoms with Crippen LogP contribution in [0.15, 0.2) is 36.8 Å². The van der Waals surface area contributed by atoms with E-state index in [1.807, 2.05) is 13.1 Å². The highest BCUT2D eigenvalue weighted by atomic mass is 16.5. The normalized spacial score (nSPS) is 18.1. The molecule has 0 unspecified atom stereocenters. The lowest BCUT2D eigenvalue weighted by Crippen LogP contribution is -2.28. The lowest BCUT2D eigenvalue weighted by molar-refractivity contribution is 0.331. The van der Waals surface area contributed by atoms with Gasteiger partial charge in [-0.2, -0.15) is 0 Å². The second-order valence-corrected chi connectivity index (χ2v) is 9.50. The number of imidazole rings is 1. The van der Waals surface area contributed by atoms with Crippen LogP contribution in [0, 0.1) is 12.8 Å². The van der Waals surface area contributed by atoms with Crippen molar-refractivity contribution in [2.24, 2.45) is 5.92 Å². The van der Waals surface area contributed by atoms with Crippen molar-refractivity contribution >= 4 is 17.0 Å². The number of aromatic amines is 1. The quantitative estimate of drug-likeness (QED) is 0.438. The van der Waals surface area contributed by atoms with Gasteiger partial charge in [0.1, 0.15) is 30.3 Å². The first-order valence-electron chi connectivity index (χ1n) is 12.3. The summed E-state index contributed by atoms with van der Waals surface area (Å²) in [5.41, 5.74) is 7.64. The van der Waals surface area contributed by atoms with Crippen LogP contribution >= 0.6 is 0 Å². The topological polar surface area (TPSA) is 79.8 Å². The molecule has 2 aliphatic rings. The predicted octanol–water partition coefficient (Wildman–Crippen LogP) is 5.03. The molecule has 1 aliphatic heterocycles. The Hall–Kier alpha value is -3.48. The molecule has 0 amide bonds. The average molecular weight is 455 g/mol. The Labute approximate surface area is 199 Å². The number of H-pyrrole nitrogens is 1. The van der Waals surface area contributed by atoms with Gasteiger partial charge in [0.15, 0.2) is 5.65 Å². The molecule has 1 N–H and O–H groups in total. The van der Waals surface area contributed by atoms with Gasteiger partial charge in [0.05, 0.1) is 12.1 Å². The number of aromatic nitrogens is 5. The zero-order chi connectivity index (χ0) is 23.1. The maximum Gasteiger partial charge on any atom is 0.177 e. The molecule has 0 saturated carbocycles. The van der Waals surface area contributed by atoms with Crippen molar-refractivity contribution in [3.8, 4) is 16.9 Å². The zero-order valence-corrected chi connectivity index (χ0v) is 19.8. The number of nitrogens with one attached hydrogen (secondary N) is 1. The first-order chi connectivity index (χ1) is 16.7. The van der Waals surface area contributed by atoms with Crippen LogP contribution in [0.2, 0.25) is 0 Å². The maximum atomic E-state index is 6.15. The van der Waals surface area contributed by atoms with E-state index in [4.69, 9.17) is 14.7 Å². The molecule has 0 bridgehead atoms. The molecular formula is C27H30N6O. The van der Waals surface area contributed by atoms with Crippen molar-refractivity contribution in [3.63, 3.8) is 0 Å². The van der Waals surface area contributed by atoms with Crippen molar-refractivity contribution in [1.29, 1.82) is 0 Å². The Kier molecular flexibility index (Phi) is 5.40. The highest BCUT2D eigenvalue weighted by molar-refractivity contribution is 5.78. The fraction of sp³-hybridized carbons (Fsp3) is 0.407. The fourth-order valence-electron chi connectivity index (χ4n) is 5.37. The van der Waals surface area contributed by atoms with Gasteiger partial charge in [-0.1, -0.05) is 19.4 Å². The van der Waals surface area contributed by atoms with Gasteiger partial charge in [-0.3, -0.25) is 0 Å². The summed E-state index contributed by atoms with van der Waals surface area (Å²) < 4.78 is 6.15. The Bertz CT molecular complexity index is 1350. The summed E-state index contributed by atoms with van der Waals surface area (Å²) in [6.07, 6.45) is 9.47. The number of aryl methyl sites for hydroxylation is 1.